The summed E-state index contributed by atoms with van der Waals surface area (Å²) in [6.45, 7) is 0. The summed E-state index contributed by atoms with van der Waals surface area (Å²) in [4.78, 5) is 0. The number of nitrogens with two attached hydrogens (primary N) is 1. The van der Waals surface area contributed by atoms with Gasteiger partial charge in [0.05, 0.1) is 5.69 Å². The van der Waals surface area contributed by atoms with Crippen molar-refractivity contribution in [2.24, 2.45) is 0 Å². The molecule has 1 rings (SSSR count). The molecule has 1 nitrogen and oxygen atoms in total. The summed E-state index contributed by atoms with van der Waals surface area (Å²) in [5, 5.41) is 0. The highest BCUT2D eigenvalue weighted by molar-refractivity contribution is 7.15. The fraction of sp³-hybridized carbons (Fsp3) is 0.143. The number of hydrogen-bond donors (Lipinski definition) is 1. The Morgan fingerprint density at radius 3 is 2.70 bits per heavy atom. The van der Waals surface area contributed by atoms with Crippen molar-refractivity contribution in [2.75, 3.05) is 5.73 Å². The second kappa shape index (κ2) is 2.98. The van der Waals surface area contributed by atoms with E-state index >= 15 is 0 Å². The van der Waals surface area contributed by atoms with Crippen molar-refractivity contribution in [3.8, 4) is 0 Å². The Balaban J connectivity index is 3.04. The Kier molecular flexibility index (Phi) is 2.23. The molecule has 0 heterocycles. The van der Waals surface area contributed by atoms with Crippen molar-refractivity contribution < 1.29 is 4.39 Å². The fourth-order valence-corrected chi connectivity index (χ4v) is 0.974. The maximum Gasteiger partial charge on any atom is 0.146 e. The summed E-state index contributed by atoms with van der Waals surface area (Å²) in [5.74, 6) is -0.345. The van der Waals surface area contributed by atoms with Crippen LogP contribution < -0.4 is 5.73 Å². The summed E-state index contributed by atoms with van der Waals surface area (Å²) < 4.78 is 12.5. The monoisotopic (exact) mass is 157 g/mol. The number of halogens is 1. The average Bonchev–Trinajstić information content (AvgIpc) is 1.95. The van der Waals surface area contributed by atoms with Crippen molar-refractivity contribution in [1.82, 2.24) is 0 Å². The van der Waals surface area contributed by atoms with E-state index < -0.39 is 0 Å². The van der Waals surface area contributed by atoms with E-state index in [2.05, 4.69) is 9.24 Å². The molecule has 0 aliphatic rings. The van der Waals surface area contributed by atoms with Gasteiger partial charge in [0.15, 0.2) is 0 Å². The predicted octanol–water partition coefficient (Wildman–Crippen LogP) is 1.78. The molecule has 1 atom stereocenters. The van der Waals surface area contributed by atoms with Crippen LogP contribution in [-0.2, 0) is 6.16 Å². The minimum absolute atomic E-state index is 0.222. The van der Waals surface area contributed by atoms with Gasteiger partial charge < -0.3 is 5.73 Å². The third kappa shape index (κ3) is 1.45. The van der Waals surface area contributed by atoms with E-state index in [0.29, 0.717) is 0 Å². The molecule has 0 fully saturated rings. The number of rotatable bonds is 1. The highest BCUT2D eigenvalue weighted by atomic mass is 31.0. The van der Waals surface area contributed by atoms with Gasteiger partial charge in [0.25, 0.3) is 0 Å². The summed E-state index contributed by atoms with van der Waals surface area (Å²) in [6.07, 6.45) is 0.810. The topological polar surface area (TPSA) is 26.0 Å². The molecule has 0 aliphatic carbocycles. The van der Waals surface area contributed by atoms with Gasteiger partial charge in [0.1, 0.15) is 5.82 Å². The van der Waals surface area contributed by atoms with E-state index in [4.69, 9.17) is 5.73 Å². The lowest BCUT2D eigenvalue weighted by atomic mass is 10.2. The van der Waals surface area contributed by atoms with Crippen molar-refractivity contribution in [3.05, 3.63) is 29.6 Å². The first-order chi connectivity index (χ1) is 4.74. The highest BCUT2D eigenvalue weighted by Crippen LogP contribution is 2.13. The van der Waals surface area contributed by atoms with E-state index in [1.54, 1.807) is 12.1 Å². The molecule has 0 aliphatic heterocycles. The van der Waals surface area contributed by atoms with E-state index in [1.165, 1.54) is 6.07 Å². The minimum Gasteiger partial charge on any atom is -0.396 e. The summed E-state index contributed by atoms with van der Waals surface area (Å²) in [6, 6.07) is 4.75. The van der Waals surface area contributed by atoms with Gasteiger partial charge in [0, 0.05) is 0 Å². The van der Waals surface area contributed by atoms with Crippen LogP contribution in [0, 0.1) is 5.82 Å². The molecule has 0 bridgehead atoms. The second-order valence-corrected chi connectivity index (χ2v) is 2.47. The summed E-state index contributed by atoms with van der Waals surface area (Å²) in [7, 11) is 2.55. The van der Waals surface area contributed by atoms with Gasteiger partial charge in [-0.05, 0) is 23.9 Å². The molecule has 2 N–H and O–H groups in total. The molecule has 3 heteroatoms. The number of benzene rings is 1. The molecule has 1 unspecified atom stereocenters. The van der Waals surface area contributed by atoms with Crippen LogP contribution in [0.5, 0.6) is 0 Å². The average molecular weight is 157 g/mol. The minimum atomic E-state index is -0.345. The Hall–Kier alpha value is -0.620. The SMILES string of the molecule is Nc1cc(CP)ccc1F. The molecular formula is C7H9FNP. The van der Waals surface area contributed by atoms with Crippen LogP contribution in [0.1, 0.15) is 5.56 Å². The van der Waals surface area contributed by atoms with E-state index in [1.807, 2.05) is 0 Å². The highest BCUT2D eigenvalue weighted by Gasteiger charge is 1.96. The van der Waals surface area contributed by atoms with Gasteiger partial charge in [-0.2, -0.15) is 0 Å². The first kappa shape index (κ1) is 7.49. The Bertz CT molecular complexity index is 237. The molecular weight excluding hydrogens is 148 g/mol. The predicted molar refractivity (Wildman–Crippen MR) is 44.2 cm³/mol. The fourth-order valence-electron chi connectivity index (χ4n) is 0.720. The van der Waals surface area contributed by atoms with Crippen LogP contribution in [0.25, 0.3) is 0 Å². The van der Waals surface area contributed by atoms with E-state index in [-0.39, 0.29) is 11.5 Å². The largest absolute Gasteiger partial charge is 0.396 e. The van der Waals surface area contributed by atoms with Gasteiger partial charge in [0.2, 0.25) is 0 Å². The van der Waals surface area contributed by atoms with E-state index in [9.17, 15) is 4.39 Å². The van der Waals surface area contributed by atoms with Gasteiger partial charge in [-0.15, -0.1) is 9.24 Å². The van der Waals surface area contributed by atoms with E-state index in [0.717, 1.165) is 11.7 Å². The van der Waals surface area contributed by atoms with Gasteiger partial charge >= 0.3 is 0 Å². The van der Waals surface area contributed by atoms with Crippen LogP contribution in [0.15, 0.2) is 18.2 Å². The molecule has 54 valence electrons. The molecule has 0 spiro atoms. The normalized spacial score (nSPS) is 9.80. The maximum atomic E-state index is 12.5. The van der Waals surface area contributed by atoms with Crippen molar-refractivity contribution in [3.63, 3.8) is 0 Å². The zero-order valence-electron chi connectivity index (χ0n) is 5.47. The van der Waals surface area contributed by atoms with Crippen LogP contribution in [-0.4, -0.2) is 0 Å². The zero-order valence-corrected chi connectivity index (χ0v) is 6.63. The molecule has 0 radical (unpaired) electrons. The third-order valence-electron chi connectivity index (χ3n) is 1.30. The Morgan fingerprint density at radius 2 is 2.20 bits per heavy atom. The lowest BCUT2D eigenvalue weighted by molar-refractivity contribution is 0.632. The van der Waals surface area contributed by atoms with Gasteiger partial charge in [-0.1, -0.05) is 6.07 Å². The zero-order chi connectivity index (χ0) is 7.56. The standard InChI is InChI=1S/C7H9FNP/c8-6-2-1-5(4-10)3-7(6)9/h1-3H,4,9-10H2. The Morgan fingerprint density at radius 1 is 1.50 bits per heavy atom. The molecule has 0 aromatic heterocycles. The lowest BCUT2D eigenvalue weighted by Gasteiger charge is -1.98. The lowest BCUT2D eigenvalue weighted by Crippen LogP contribution is -1.90. The molecule has 0 saturated heterocycles. The number of anilines is 1. The first-order valence-corrected chi connectivity index (χ1v) is 3.79. The summed E-state index contributed by atoms with van der Waals surface area (Å²) in [5.41, 5.74) is 6.57. The number of hydrogen-bond acceptors (Lipinski definition) is 1. The van der Waals surface area contributed by atoms with Crippen molar-refractivity contribution in [1.29, 1.82) is 0 Å². The third-order valence-corrected chi connectivity index (χ3v) is 1.77. The maximum absolute atomic E-state index is 12.5. The van der Waals surface area contributed by atoms with Crippen LogP contribution in [0.4, 0.5) is 10.1 Å². The van der Waals surface area contributed by atoms with Gasteiger partial charge in [-0.25, -0.2) is 4.39 Å². The molecule has 10 heavy (non-hydrogen) atoms. The Labute approximate surface area is 61.6 Å². The van der Waals surface area contributed by atoms with Gasteiger partial charge in [-0.3, -0.25) is 0 Å². The number of nitrogen functional groups attached to an aromatic ring is 1. The quantitative estimate of drug-likeness (QED) is 0.488. The molecule has 1 aromatic rings. The van der Waals surface area contributed by atoms with Crippen molar-refractivity contribution in [2.45, 2.75) is 6.16 Å². The van der Waals surface area contributed by atoms with Crippen molar-refractivity contribution >= 4 is 14.9 Å². The van der Waals surface area contributed by atoms with Crippen LogP contribution >= 0.6 is 9.24 Å². The summed E-state index contributed by atoms with van der Waals surface area (Å²) >= 11 is 0. The molecule has 1 aromatic carbocycles. The van der Waals surface area contributed by atoms with Crippen LogP contribution in [0.2, 0.25) is 0 Å². The molecule has 0 saturated carbocycles. The smallest absolute Gasteiger partial charge is 0.146 e. The second-order valence-electron chi connectivity index (χ2n) is 2.06. The molecule has 0 amide bonds. The first-order valence-electron chi connectivity index (χ1n) is 2.98. The van der Waals surface area contributed by atoms with Crippen LogP contribution in [0.3, 0.4) is 0 Å².